The van der Waals surface area contributed by atoms with Crippen LogP contribution in [0.4, 0.5) is 0 Å². The Bertz CT molecular complexity index is 367. The standard InChI is InChI=1S/C10H11BO4/c1-10(9(12)13)7-14-11(15-10)8-5-3-2-4-6-8/h2-6H,7H2,1H3,(H,12,13). The second-order valence-electron chi connectivity index (χ2n) is 3.71. The normalized spacial score (nSPS) is 25.5. The summed E-state index contributed by atoms with van der Waals surface area (Å²) in [7, 11) is -0.577. The van der Waals surface area contributed by atoms with Crippen LogP contribution in [0.1, 0.15) is 6.92 Å². The van der Waals surface area contributed by atoms with Crippen molar-refractivity contribution >= 4 is 18.6 Å². The topological polar surface area (TPSA) is 55.8 Å². The molecule has 0 aromatic heterocycles. The maximum absolute atomic E-state index is 10.9. The third-order valence-electron chi connectivity index (χ3n) is 2.40. The smallest absolute Gasteiger partial charge is 0.479 e. The number of carbonyl (C=O) groups is 1. The minimum absolute atomic E-state index is 0.0713. The Hall–Kier alpha value is -1.33. The summed E-state index contributed by atoms with van der Waals surface area (Å²) < 4.78 is 10.7. The van der Waals surface area contributed by atoms with Crippen molar-refractivity contribution in [2.24, 2.45) is 0 Å². The molecule has 0 bridgehead atoms. The van der Waals surface area contributed by atoms with E-state index in [2.05, 4.69) is 0 Å². The molecule has 1 aromatic rings. The highest BCUT2D eigenvalue weighted by Crippen LogP contribution is 2.20. The van der Waals surface area contributed by atoms with E-state index in [4.69, 9.17) is 14.4 Å². The van der Waals surface area contributed by atoms with E-state index in [1.165, 1.54) is 6.92 Å². The lowest BCUT2D eigenvalue weighted by Crippen LogP contribution is -2.41. The predicted molar refractivity (Wildman–Crippen MR) is 54.9 cm³/mol. The van der Waals surface area contributed by atoms with E-state index in [9.17, 15) is 4.79 Å². The first kappa shape index (κ1) is 10.2. The number of hydrogen-bond acceptors (Lipinski definition) is 3. The van der Waals surface area contributed by atoms with E-state index in [0.29, 0.717) is 0 Å². The molecule has 78 valence electrons. The van der Waals surface area contributed by atoms with E-state index < -0.39 is 18.7 Å². The van der Waals surface area contributed by atoms with Crippen LogP contribution in [0.3, 0.4) is 0 Å². The maximum Gasteiger partial charge on any atom is 0.494 e. The first-order valence-electron chi connectivity index (χ1n) is 4.69. The molecule has 0 amide bonds. The van der Waals surface area contributed by atoms with Gasteiger partial charge in [-0.2, -0.15) is 0 Å². The maximum atomic E-state index is 10.9. The Kier molecular flexibility index (Phi) is 2.50. The minimum atomic E-state index is -1.24. The molecule has 1 N–H and O–H groups in total. The molecule has 1 atom stereocenters. The van der Waals surface area contributed by atoms with Gasteiger partial charge in [0.2, 0.25) is 0 Å². The summed E-state index contributed by atoms with van der Waals surface area (Å²) in [6, 6.07) is 9.29. The molecule has 2 rings (SSSR count). The third-order valence-corrected chi connectivity index (χ3v) is 2.40. The fourth-order valence-corrected chi connectivity index (χ4v) is 1.43. The van der Waals surface area contributed by atoms with Crippen molar-refractivity contribution in [3.05, 3.63) is 30.3 Å². The summed E-state index contributed by atoms with van der Waals surface area (Å²) in [6.07, 6.45) is 0. The zero-order valence-electron chi connectivity index (χ0n) is 8.34. The fraction of sp³-hybridized carbons (Fsp3) is 0.300. The van der Waals surface area contributed by atoms with Crippen molar-refractivity contribution in [2.45, 2.75) is 12.5 Å². The first-order chi connectivity index (χ1) is 7.12. The van der Waals surface area contributed by atoms with Crippen LogP contribution in [-0.2, 0) is 14.1 Å². The van der Waals surface area contributed by atoms with E-state index in [0.717, 1.165) is 5.46 Å². The lowest BCUT2D eigenvalue weighted by atomic mass is 9.79. The Morgan fingerprint density at radius 1 is 1.47 bits per heavy atom. The van der Waals surface area contributed by atoms with Gasteiger partial charge in [0.05, 0.1) is 6.61 Å². The van der Waals surface area contributed by atoms with Crippen LogP contribution < -0.4 is 5.46 Å². The monoisotopic (exact) mass is 206 g/mol. The zero-order chi connectivity index (χ0) is 10.9. The minimum Gasteiger partial charge on any atom is -0.479 e. The van der Waals surface area contributed by atoms with Crippen LogP contribution in [0.25, 0.3) is 0 Å². The van der Waals surface area contributed by atoms with Crippen molar-refractivity contribution in [3.8, 4) is 0 Å². The van der Waals surface area contributed by atoms with E-state index in [1.54, 1.807) is 0 Å². The largest absolute Gasteiger partial charge is 0.494 e. The molecular formula is C10H11BO4. The van der Waals surface area contributed by atoms with E-state index in [1.807, 2.05) is 30.3 Å². The predicted octanol–water partition coefficient (Wildman–Crippen LogP) is 0.272. The summed E-state index contributed by atoms with van der Waals surface area (Å²) in [4.78, 5) is 10.9. The highest BCUT2D eigenvalue weighted by atomic mass is 16.7. The molecule has 0 radical (unpaired) electrons. The van der Waals surface area contributed by atoms with Crippen LogP contribution in [-0.4, -0.2) is 30.4 Å². The van der Waals surface area contributed by atoms with Crippen molar-refractivity contribution in [2.75, 3.05) is 6.61 Å². The molecule has 1 aliphatic heterocycles. The van der Waals surface area contributed by atoms with E-state index in [-0.39, 0.29) is 6.61 Å². The molecule has 1 saturated heterocycles. The zero-order valence-corrected chi connectivity index (χ0v) is 8.34. The van der Waals surface area contributed by atoms with Crippen LogP contribution in [0, 0.1) is 0 Å². The fourth-order valence-electron chi connectivity index (χ4n) is 1.43. The van der Waals surface area contributed by atoms with Gasteiger partial charge in [0, 0.05) is 0 Å². The summed E-state index contributed by atoms with van der Waals surface area (Å²) in [5.74, 6) is -0.999. The summed E-state index contributed by atoms with van der Waals surface area (Å²) in [5, 5.41) is 8.93. The SMILES string of the molecule is CC1(C(=O)O)COB(c2ccccc2)O1. The molecule has 1 unspecified atom stereocenters. The van der Waals surface area contributed by atoms with Gasteiger partial charge in [-0.3, -0.25) is 0 Å². The number of aliphatic carboxylic acids is 1. The van der Waals surface area contributed by atoms with Crippen molar-refractivity contribution < 1.29 is 19.2 Å². The molecule has 15 heavy (non-hydrogen) atoms. The van der Waals surface area contributed by atoms with Crippen LogP contribution in [0.15, 0.2) is 30.3 Å². The summed E-state index contributed by atoms with van der Waals surface area (Å²) in [5.41, 5.74) is -0.400. The average molecular weight is 206 g/mol. The van der Waals surface area contributed by atoms with Gasteiger partial charge in [0.1, 0.15) is 0 Å². The average Bonchev–Trinajstić information content (AvgIpc) is 2.64. The van der Waals surface area contributed by atoms with Gasteiger partial charge < -0.3 is 14.4 Å². The molecule has 1 aromatic carbocycles. The molecule has 1 aliphatic rings. The van der Waals surface area contributed by atoms with Gasteiger partial charge in [-0.25, -0.2) is 4.79 Å². The van der Waals surface area contributed by atoms with Crippen molar-refractivity contribution in [1.29, 1.82) is 0 Å². The molecular weight excluding hydrogens is 195 g/mol. The Labute approximate surface area is 88.0 Å². The van der Waals surface area contributed by atoms with E-state index >= 15 is 0 Å². The van der Waals surface area contributed by atoms with Crippen LogP contribution in [0.2, 0.25) is 0 Å². The Morgan fingerprint density at radius 3 is 2.67 bits per heavy atom. The second-order valence-corrected chi connectivity index (χ2v) is 3.71. The van der Waals surface area contributed by atoms with Gasteiger partial charge in [0.15, 0.2) is 5.60 Å². The summed E-state index contributed by atoms with van der Waals surface area (Å²) in [6.45, 7) is 1.58. The molecule has 1 fully saturated rings. The van der Waals surface area contributed by atoms with Crippen LogP contribution in [0.5, 0.6) is 0 Å². The second kappa shape index (κ2) is 3.68. The first-order valence-corrected chi connectivity index (χ1v) is 4.69. The van der Waals surface area contributed by atoms with Gasteiger partial charge in [-0.1, -0.05) is 30.3 Å². The third kappa shape index (κ3) is 1.89. The molecule has 1 heterocycles. The van der Waals surface area contributed by atoms with Gasteiger partial charge in [0.25, 0.3) is 0 Å². The molecule has 5 heteroatoms. The lowest BCUT2D eigenvalue weighted by molar-refractivity contribution is -0.152. The number of carboxylic acids is 1. The lowest BCUT2D eigenvalue weighted by Gasteiger charge is -2.16. The van der Waals surface area contributed by atoms with Gasteiger partial charge >= 0.3 is 13.1 Å². The number of carboxylic acid groups (broad SMARTS) is 1. The van der Waals surface area contributed by atoms with Gasteiger partial charge in [-0.05, 0) is 12.4 Å². The van der Waals surface area contributed by atoms with Crippen molar-refractivity contribution in [1.82, 2.24) is 0 Å². The quantitative estimate of drug-likeness (QED) is 0.705. The van der Waals surface area contributed by atoms with Crippen LogP contribution >= 0.6 is 0 Å². The number of benzene rings is 1. The highest BCUT2D eigenvalue weighted by Gasteiger charge is 2.46. The highest BCUT2D eigenvalue weighted by molar-refractivity contribution is 6.62. The molecule has 0 saturated carbocycles. The molecule has 0 aliphatic carbocycles. The Morgan fingerprint density at radius 2 is 2.13 bits per heavy atom. The van der Waals surface area contributed by atoms with Crippen molar-refractivity contribution in [3.63, 3.8) is 0 Å². The number of hydrogen-bond donors (Lipinski definition) is 1. The Balaban J connectivity index is 2.14. The molecule has 4 nitrogen and oxygen atoms in total. The summed E-state index contributed by atoms with van der Waals surface area (Å²) >= 11 is 0. The molecule has 0 spiro atoms. The number of rotatable bonds is 2. The van der Waals surface area contributed by atoms with Gasteiger partial charge in [-0.15, -0.1) is 0 Å².